The van der Waals surface area contributed by atoms with Gasteiger partial charge in [-0.15, -0.1) is 0 Å². The largest absolute Gasteiger partial charge is 0.497 e. The number of nitrogens with zero attached hydrogens (tertiary/aromatic N) is 3. The molecule has 4 aromatic rings. The standard InChI is InChI=1S/C20H17N3O2/c1-24-15-10-11-16(18(13-15)25-2)19-22-17-9-6-12-21-20(17)23(19)14-7-4-3-5-8-14/h3-13H,1-2H3. The highest BCUT2D eigenvalue weighted by Gasteiger charge is 2.18. The van der Waals surface area contributed by atoms with Crippen LogP contribution in [0.5, 0.6) is 11.5 Å². The third-order valence-electron chi connectivity index (χ3n) is 4.08. The minimum Gasteiger partial charge on any atom is -0.497 e. The molecular formula is C20H17N3O2. The summed E-state index contributed by atoms with van der Waals surface area (Å²) < 4.78 is 12.9. The third-order valence-corrected chi connectivity index (χ3v) is 4.08. The summed E-state index contributed by atoms with van der Waals surface area (Å²) in [5, 5.41) is 0. The molecule has 2 heterocycles. The fraction of sp³-hybridized carbons (Fsp3) is 0.100. The van der Waals surface area contributed by atoms with Gasteiger partial charge in [-0.25, -0.2) is 9.97 Å². The van der Waals surface area contributed by atoms with E-state index in [4.69, 9.17) is 14.5 Å². The maximum atomic E-state index is 5.58. The molecule has 0 bridgehead atoms. The summed E-state index contributed by atoms with van der Waals surface area (Å²) in [6.07, 6.45) is 1.78. The van der Waals surface area contributed by atoms with Crippen molar-refractivity contribution in [2.75, 3.05) is 14.2 Å². The lowest BCUT2D eigenvalue weighted by atomic mass is 10.1. The van der Waals surface area contributed by atoms with E-state index >= 15 is 0 Å². The number of hydrogen-bond acceptors (Lipinski definition) is 4. The van der Waals surface area contributed by atoms with Crippen LogP contribution in [-0.2, 0) is 0 Å². The Labute approximate surface area is 145 Å². The Bertz CT molecular complexity index is 1030. The zero-order valence-electron chi connectivity index (χ0n) is 14.0. The minimum atomic E-state index is 0.701. The van der Waals surface area contributed by atoms with Crippen LogP contribution in [-0.4, -0.2) is 28.8 Å². The number of aromatic nitrogens is 3. The van der Waals surface area contributed by atoms with Crippen LogP contribution in [0.25, 0.3) is 28.2 Å². The second-order valence-corrected chi connectivity index (χ2v) is 5.52. The zero-order valence-corrected chi connectivity index (χ0v) is 14.0. The fourth-order valence-corrected chi connectivity index (χ4v) is 2.90. The number of ether oxygens (including phenoxy) is 2. The number of hydrogen-bond donors (Lipinski definition) is 0. The number of para-hydroxylation sites is 1. The van der Waals surface area contributed by atoms with Crippen molar-refractivity contribution in [1.82, 2.24) is 14.5 Å². The molecule has 0 fully saturated rings. The van der Waals surface area contributed by atoms with Crippen molar-refractivity contribution in [3.05, 3.63) is 66.9 Å². The normalized spacial score (nSPS) is 10.8. The molecule has 0 atom stereocenters. The molecule has 0 aliphatic heterocycles. The highest BCUT2D eigenvalue weighted by Crippen LogP contribution is 2.35. The quantitative estimate of drug-likeness (QED) is 0.565. The van der Waals surface area contributed by atoms with Crippen LogP contribution >= 0.6 is 0 Å². The summed E-state index contributed by atoms with van der Waals surface area (Å²) in [4.78, 5) is 9.33. The van der Waals surface area contributed by atoms with Crippen molar-refractivity contribution in [2.45, 2.75) is 0 Å². The van der Waals surface area contributed by atoms with Gasteiger partial charge in [0.15, 0.2) is 11.5 Å². The van der Waals surface area contributed by atoms with E-state index < -0.39 is 0 Å². The van der Waals surface area contributed by atoms with Crippen molar-refractivity contribution in [3.63, 3.8) is 0 Å². The van der Waals surface area contributed by atoms with E-state index in [0.717, 1.165) is 34.0 Å². The molecule has 124 valence electrons. The molecule has 0 N–H and O–H groups in total. The molecule has 5 heteroatoms. The number of imidazole rings is 1. The fourth-order valence-electron chi connectivity index (χ4n) is 2.90. The van der Waals surface area contributed by atoms with Gasteiger partial charge >= 0.3 is 0 Å². The topological polar surface area (TPSA) is 49.2 Å². The van der Waals surface area contributed by atoms with Crippen molar-refractivity contribution in [3.8, 4) is 28.6 Å². The van der Waals surface area contributed by atoms with E-state index in [1.54, 1.807) is 20.4 Å². The molecule has 25 heavy (non-hydrogen) atoms. The van der Waals surface area contributed by atoms with Crippen LogP contribution in [0.4, 0.5) is 0 Å². The van der Waals surface area contributed by atoms with Gasteiger partial charge in [-0.2, -0.15) is 0 Å². The molecular weight excluding hydrogens is 314 g/mol. The monoisotopic (exact) mass is 331 g/mol. The maximum Gasteiger partial charge on any atom is 0.164 e. The van der Waals surface area contributed by atoms with Crippen LogP contribution < -0.4 is 9.47 Å². The molecule has 0 saturated heterocycles. The molecule has 0 aliphatic rings. The Kier molecular flexibility index (Phi) is 3.82. The van der Waals surface area contributed by atoms with Gasteiger partial charge in [0.25, 0.3) is 0 Å². The van der Waals surface area contributed by atoms with Gasteiger partial charge in [0.05, 0.1) is 19.8 Å². The van der Waals surface area contributed by atoms with Crippen LogP contribution in [0.2, 0.25) is 0 Å². The van der Waals surface area contributed by atoms with E-state index in [1.165, 1.54) is 0 Å². The smallest absolute Gasteiger partial charge is 0.164 e. The predicted octanol–water partition coefficient (Wildman–Crippen LogP) is 4.10. The number of fused-ring (bicyclic) bond motifs is 1. The first-order valence-electron chi connectivity index (χ1n) is 7.93. The van der Waals surface area contributed by atoms with Crippen LogP contribution in [0.1, 0.15) is 0 Å². The first kappa shape index (κ1) is 15.2. The van der Waals surface area contributed by atoms with Gasteiger partial charge < -0.3 is 9.47 Å². The molecule has 2 aromatic heterocycles. The second-order valence-electron chi connectivity index (χ2n) is 5.52. The van der Waals surface area contributed by atoms with Gasteiger partial charge in [0, 0.05) is 18.0 Å². The Morgan fingerprint density at radius 2 is 1.72 bits per heavy atom. The molecule has 4 rings (SSSR count). The number of pyridine rings is 1. The molecule has 0 aliphatic carbocycles. The summed E-state index contributed by atoms with van der Waals surface area (Å²) >= 11 is 0. The first-order valence-corrected chi connectivity index (χ1v) is 7.93. The lowest BCUT2D eigenvalue weighted by Crippen LogP contribution is -2.00. The lowest BCUT2D eigenvalue weighted by Gasteiger charge is -2.12. The van der Waals surface area contributed by atoms with Gasteiger partial charge in [0.2, 0.25) is 0 Å². The molecule has 0 amide bonds. The Hall–Kier alpha value is -3.34. The van der Waals surface area contributed by atoms with E-state index in [9.17, 15) is 0 Å². The van der Waals surface area contributed by atoms with E-state index in [1.807, 2.05) is 65.2 Å². The highest BCUT2D eigenvalue weighted by molar-refractivity contribution is 5.81. The number of methoxy groups -OCH3 is 2. The van der Waals surface area contributed by atoms with Gasteiger partial charge in [0.1, 0.15) is 17.0 Å². The highest BCUT2D eigenvalue weighted by atomic mass is 16.5. The molecule has 0 saturated carbocycles. The van der Waals surface area contributed by atoms with Gasteiger partial charge in [-0.3, -0.25) is 4.57 Å². The Balaban J connectivity index is 2.03. The summed E-state index contributed by atoms with van der Waals surface area (Å²) in [5.41, 5.74) is 3.52. The minimum absolute atomic E-state index is 0.701. The predicted molar refractivity (Wildman–Crippen MR) is 97.4 cm³/mol. The van der Waals surface area contributed by atoms with Crippen molar-refractivity contribution in [1.29, 1.82) is 0 Å². The molecule has 5 nitrogen and oxygen atoms in total. The van der Waals surface area contributed by atoms with Crippen LogP contribution in [0.3, 0.4) is 0 Å². The SMILES string of the molecule is COc1ccc(-c2nc3cccnc3n2-c2ccccc2)c(OC)c1. The van der Waals surface area contributed by atoms with E-state index in [-0.39, 0.29) is 0 Å². The number of benzene rings is 2. The van der Waals surface area contributed by atoms with Crippen molar-refractivity contribution >= 4 is 11.2 Å². The first-order chi connectivity index (χ1) is 12.3. The summed E-state index contributed by atoms with van der Waals surface area (Å²) in [6.45, 7) is 0. The number of rotatable bonds is 4. The van der Waals surface area contributed by atoms with Crippen molar-refractivity contribution in [2.24, 2.45) is 0 Å². The van der Waals surface area contributed by atoms with Crippen LogP contribution in [0, 0.1) is 0 Å². The average Bonchev–Trinajstić information content (AvgIpc) is 3.07. The Morgan fingerprint density at radius 1 is 0.880 bits per heavy atom. The summed E-state index contributed by atoms with van der Waals surface area (Å²) in [7, 11) is 3.28. The van der Waals surface area contributed by atoms with E-state index in [2.05, 4.69) is 4.98 Å². The van der Waals surface area contributed by atoms with Crippen LogP contribution in [0.15, 0.2) is 66.9 Å². The third kappa shape index (κ3) is 2.59. The zero-order chi connectivity index (χ0) is 17.2. The van der Waals surface area contributed by atoms with Crippen molar-refractivity contribution < 1.29 is 9.47 Å². The van der Waals surface area contributed by atoms with E-state index in [0.29, 0.717) is 5.75 Å². The second kappa shape index (κ2) is 6.28. The summed E-state index contributed by atoms with van der Waals surface area (Å²) in [5.74, 6) is 2.22. The molecule has 0 unspecified atom stereocenters. The average molecular weight is 331 g/mol. The molecule has 0 radical (unpaired) electrons. The lowest BCUT2D eigenvalue weighted by molar-refractivity contribution is 0.395. The van der Waals surface area contributed by atoms with Gasteiger partial charge in [-0.1, -0.05) is 18.2 Å². The summed E-state index contributed by atoms with van der Waals surface area (Å²) in [6, 6.07) is 19.6. The molecule has 2 aromatic carbocycles. The Morgan fingerprint density at radius 3 is 2.48 bits per heavy atom. The maximum absolute atomic E-state index is 5.58. The molecule has 0 spiro atoms. The van der Waals surface area contributed by atoms with Gasteiger partial charge in [-0.05, 0) is 36.4 Å².